The molecule has 4 nitrogen and oxygen atoms in total. The highest BCUT2D eigenvalue weighted by Crippen LogP contribution is 2.14. The lowest BCUT2D eigenvalue weighted by molar-refractivity contribution is -0.135. The summed E-state index contributed by atoms with van der Waals surface area (Å²) in [4.78, 5) is 25.8. The topological polar surface area (TPSA) is 49.4 Å². The largest absolute Gasteiger partial charge is 0.344 e. The van der Waals surface area contributed by atoms with Gasteiger partial charge in [-0.2, -0.15) is 0 Å². The van der Waals surface area contributed by atoms with E-state index in [1.807, 2.05) is 18.7 Å². The van der Waals surface area contributed by atoms with E-state index in [-0.39, 0.29) is 23.9 Å². The third-order valence-corrected chi connectivity index (χ3v) is 3.26. The van der Waals surface area contributed by atoms with Crippen molar-refractivity contribution in [1.29, 1.82) is 0 Å². The number of carbonyl (C=O) groups excluding carboxylic acids is 2. The van der Waals surface area contributed by atoms with Crippen LogP contribution in [0.2, 0.25) is 0 Å². The minimum absolute atomic E-state index is 0.00305. The zero-order valence-corrected chi connectivity index (χ0v) is 11.2. The first kappa shape index (κ1) is 14.0. The van der Waals surface area contributed by atoms with Crippen molar-refractivity contribution in [3.8, 4) is 0 Å². The summed E-state index contributed by atoms with van der Waals surface area (Å²) in [5.74, 6) is 0.0990. The number of amides is 2. The van der Waals surface area contributed by atoms with Crippen LogP contribution in [0.1, 0.15) is 52.9 Å². The second kappa shape index (κ2) is 6.62. The number of nitrogens with one attached hydrogen (secondary N) is 1. The van der Waals surface area contributed by atoms with Crippen LogP contribution in [0.5, 0.6) is 0 Å². The second-order valence-corrected chi connectivity index (χ2v) is 4.85. The summed E-state index contributed by atoms with van der Waals surface area (Å²) in [6, 6.07) is -0.287. The molecule has 0 aliphatic carbocycles. The fourth-order valence-corrected chi connectivity index (χ4v) is 2.25. The summed E-state index contributed by atoms with van der Waals surface area (Å²) in [5.41, 5.74) is 0. The number of rotatable bonds is 5. The Balaban J connectivity index is 2.76. The first-order valence-corrected chi connectivity index (χ1v) is 6.70. The molecule has 2 atom stereocenters. The van der Waals surface area contributed by atoms with Crippen molar-refractivity contribution in [2.45, 2.75) is 65.0 Å². The lowest BCUT2D eigenvalue weighted by Crippen LogP contribution is -2.46. The number of carbonyl (C=O) groups is 2. The molecular weight excluding hydrogens is 216 g/mol. The molecule has 0 saturated carbocycles. The molecule has 2 unspecified atom stereocenters. The van der Waals surface area contributed by atoms with E-state index in [1.165, 1.54) is 0 Å². The number of unbranched alkanes of at least 4 members (excludes halogenated alkanes) is 1. The van der Waals surface area contributed by atoms with Crippen LogP contribution in [-0.4, -0.2) is 35.3 Å². The predicted molar refractivity (Wildman–Crippen MR) is 67.5 cm³/mol. The maximum Gasteiger partial charge on any atom is 0.245 e. The van der Waals surface area contributed by atoms with Crippen LogP contribution in [0.15, 0.2) is 0 Å². The highest BCUT2D eigenvalue weighted by molar-refractivity contribution is 5.90. The van der Waals surface area contributed by atoms with Crippen molar-refractivity contribution in [3.63, 3.8) is 0 Å². The smallest absolute Gasteiger partial charge is 0.245 e. The lowest BCUT2D eigenvalue weighted by Gasteiger charge is -2.28. The van der Waals surface area contributed by atoms with Crippen molar-refractivity contribution in [3.05, 3.63) is 0 Å². The first-order chi connectivity index (χ1) is 8.10. The summed E-state index contributed by atoms with van der Waals surface area (Å²) in [7, 11) is 0. The van der Waals surface area contributed by atoms with E-state index in [0.29, 0.717) is 6.42 Å². The molecule has 1 rings (SSSR count). The van der Waals surface area contributed by atoms with Crippen molar-refractivity contribution in [2.75, 3.05) is 6.54 Å². The van der Waals surface area contributed by atoms with E-state index in [2.05, 4.69) is 12.2 Å². The maximum absolute atomic E-state index is 12.3. The van der Waals surface area contributed by atoms with Crippen molar-refractivity contribution < 1.29 is 9.59 Å². The van der Waals surface area contributed by atoms with Gasteiger partial charge in [-0.25, -0.2) is 0 Å². The molecule has 98 valence electrons. The van der Waals surface area contributed by atoms with Crippen LogP contribution in [0.25, 0.3) is 0 Å². The van der Waals surface area contributed by atoms with Crippen molar-refractivity contribution in [1.82, 2.24) is 10.2 Å². The zero-order valence-electron chi connectivity index (χ0n) is 11.2. The molecule has 0 aromatic carbocycles. The normalized spacial score (nSPS) is 25.7. The molecule has 0 spiro atoms. The molecule has 0 bridgehead atoms. The number of nitrogens with zero attached hydrogens (tertiary/aromatic N) is 1. The van der Waals surface area contributed by atoms with Gasteiger partial charge in [-0.1, -0.05) is 26.7 Å². The van der Waals surface area contributed by atoms with E-state index < -0.39 is 0 Å². The molecule has 1 aliphatic heterocycles. The summed E-state index contributed by atoms with van der Waals surface area (Å²) >= 11 is 0. The van der Waals surface area contributed by atoms with Crippen LogP contribution in [0, 0.1) is 0 Å². The standard InChI is InChI=1S/C13H24N2O2/c1-4-6-8-15-10(3)9-12(16)14-11(7-5-2)13(15)17/h10-11H,4-9H2,1-3H3,(H,14,16). The van der Waals surface area contributed by atoms with E-state index >= 15 is 0 Å². The Morgan fingerprint density at radius 3 is 2.59 bits per heavy atom. The van der Waals surface area contributed by atoms with Crippen LogP contribution in [0.4, 0.5) is 0 Å². The third-order valence-electron chi connectivity index (χ3n) is 3.26. The van der Waals surface area contributed by atoms with Gasteiger partial charge in [0.25, 0.3) is 0 Å². The van der Waals surface area contributed by atoms with E-state index in [1.54, 1.807) is 0 Å². The lowest BCUT2D eigenvalue weighted by atomic mass is 10.1. The van der Waals surface area contributed by atoms with Gasteiger partial charge in [0.1, 0.15) is 6.04 Å². The fraction of sp³-hybridized carbons (Fsp3) is 0.846. The van der Waals surface area contributed by atoms with Crippen LogP contribution >= 0.6 is 0 Å². The first-order valence-electron chi connectivity index (χ1n) is 6.70. The summed E-state index contributed by atoms with van der Waals surface area (Å²) in [6.07, 6.45) is 4.14. The summed E-state index contributed by atoms with van der Waals surface area (Å²) in [6.45, 7) is 6.87. The minimum atomic E-state index is -0.311. The molecule has 0 radical (unpaired) electrons. The minimum Gasteiger partial charge on any atom is -0.344 e. The molecule has 17 heavy (non-hydrogen) atoms. The van der Waals surface area contributed by atoms with Gasteiger partial charge in [0.05, 0.1) is 0 Å². The molecule has 1 N–H and O–H groups in total. The van der Waals surface area contributed by atoms with Gasteiger partial charge in [0, 0.05) is 19.0 Å². The van der Waals surface area contributed by atoms with Gasteiger partial charge in [-0.05, 0) is 19.8 Å². The van der Waals surface area contributed by atoms with Gasteiger partial charge in [0.2, 0.25) is 11.8 Å². The van der Waals surface area contributed by atoms with Gasteiger partial charge >= 0.3 is 0 Å². The average Bonchev–Trinajstić information content (AvgIpc) is 2.36. The highest BCUT2D eigenvalue weighted by Gasteiger charge is 2.32. The van der Waals surface area contributed by atoms with Gasteiger partial charge in [-0.3, -0.25) is 9.59 Å². The average molecular weight is 240 g/mol. The van der Waals surface area contributed by atoms with Crippen LogP contribution < -0.4 is 5.32 Å². The molecular formula is C13H24N2O2. The molecule has 1 aliphatic rings. The van der Waals surface area contributed by atoms with Gasteiger partial charge in [0.15, 0.2) is 0 Å². The Morgan fingerprint density at radius 2 is 2.00 bits per heavy atom. The van der Waals surface area contributed by atoms with Crippen LogP contribution in [-0.2, 0) is 9.59 Å². The van der Waals surface area contributed by atoms with Crippen molar-refractivity contribution in [2.24, 2.45) is 0 Å². The van der Waals surface area contributed by atoms with Gasteiger partial charge < -0.3 is 10.2 Å². The Hall–Kier alpha value is -1.06. The molecule has 1 fully saturated rings. The number of hydrogen-bond donors (Lipinski definition) is 1. The molecule has 2 amide bonds. The third kappa shape index (κ3) is 3.72. The second-order valence-electron chi connectivity index (χ2n) is 4.85. The quantitative estimate of drug-likeness (QED) is 0.795. The van der Waals surface area contributed by atoms with E-state index in [4.69, 9.17) is 0 Å². The monoisotopic (exact) mass is 240 g/mol. The Labute approximate surface area is 104 Å². The number of hydrogen-bond acceptors (Lipinski definition) is 2. The Bertz CT molecular complexity index is 279. The molecule has 0 aromatic rings. The molecule has 0 aromatic heterocycles. The molecule has 1 heterocycles. The summed E-state index contributed by atoms with van der Waals surface area (Å²) < 4.78 is 0. The highest BCUT2D eigenvalue weighted by atomic mass is 16.2. The van der Waals surface area contributed by atoms with Gasteiger partial charge in [-0.15, -0.1) is 0 Å². The SMILES string of the molecule is CCCCN1C(=O)C(CCC)NC(=O)CC1C. The summed E-state index contributed by atoms with van der Waals surface area (Å²) in [5, 5.41) is 2.84. The molecule has 1 saturated heterocycles. The zero-order chi connectivity index (χ0) is 12.8. The van der Waals surface area contributed by atoms with E-state index in [0.717, 1.165) is 32.2 Å². The molecule has 4 heteroatoms. The maximum atomic E-state index is 12.3. The fourth-order valence-electron chi connectivity index (χ4n) is 2.25. The Kier molecular flexibility index (Phi) is 5.45. The van der Waals surface area contributed by atoms with Crippen molar-refractivity contribution >= 4 is 11.8 Å². The Morgan fingerprint density at radius 1 is 1.29 bits per heavy atom. The van der Waals surface area contributed by atoms with Crippen LogP contribution in [0.3, 0.4) is 0 Å². The predicted octanol–water partition coefficient (Wildman–Crippen LogP) is 1.69. The van der Waals surface area contributed by atoms with E-state index in [9.17, 15) is 9.59 Å².